The van der Waals surface area contributed by atoms with Crippen molar-refractivity contribution < 1.29 is 4.74 Å². The first-order valence-corrected chi connectivity index (χ1v) is 6.99. The molecule has 98 valence electrons. The van der Waals surface area contributed by atoms with Gasteiger partial charge in [0.05, 0.1) is 0 Å². The summed E-state index contributed by atoms with van der Waals surface area (Å²) >= 11 is 0. The first-order chi connectivity index (χ1) is 7.74. The maximum Gasteiger partial charge on any atom is 0.0494 e. The SMILES string of the molecule is CCCCC(CC)COCCCC(C)NC. The fraction of sp³-hybridized carbons (Fsp3) is 1.00. The van der Waals surface area contributed by atoms with Crippen LogP contribution in [0.15, 0.2) is 0 Å². The van der Waals surface area contributed by atoms with E-state index in [4.69, 9.17) is 4.74 Å². The Balaban J connectivity index is 3.33. The number of ether oxygens (including phenoxy) is 1. The highest BCUT2D eigenvalue weighted by molar-refractivity contribution is 4.58. The molecular formula is C14H31NO. The van der Waals surface area contributed by atoms with Crippen LogP contribution in [0.2, 0.25) is 0 Å². The maximum atomic E-state index is 5.75. The Morgan fingerprint density at radius 3 is 2.44 bits per heavy atom. The van der Waals surface area contributed by atoms with Gasteiger partial charge in [-0.05, 0) is 39.2 Å². The summed E-state index contributed by atoms with van der Waals surface area (Å²) in [5.41, 5.74) is 0. The van der Waals surface area contributed by atoms with E-state index in [0.29, 0.717) is 6.04 Å². The summed E-state index contributed by atoms with van der Waals surface area (Å²) in [5.74, 6) is 0.779. The molecule has 0 saturated carbocycles. The zero-order valence-corrected chi connectivity index (χ0v) is 11.7. The minimum absolute atomic E-state index is 0.616. The number of nitrogens with one attached hydrogen (secondary N) is 1. The first kappa shape index (κ1) is 15.9. The van der Waals surface area contributed by atoms with E-state index in [1.165, 1.54) is 38.5 Å². The zero-order chi connectivity index (χ0) is 12.2. The highest BCUT2D eigenvalue weighted by atomic mass is 16.5. The Hall–Kier alpha value is -0.0800. The van der Waals surface area contributed by atoms with Crippen LogP contribution in [-0.2, 0) is 4.74 Å². The molecule has 0 aromatic rings. The summed E-state index contributed by atoms with van der Waals surface area (Å²) in [6.07, 6.45) is 7.62. The molecule has 0 aliphatic carbocycles. The van der Waals surface area contributed by atoms with E-state index < -0.39 is 0 Å². The Morgan fingerprint density at radius 1 is 1.12 bits per heavy atom. The normalized spacial score (nSPS) is 15.0. The second-order valence-electron chi connectivity index (χ2n) is 4.82. The van der Waals surface area contributed by atoms with Gasteiger partial charge < -0.3 is 10.1 Å². The highest BCUT2D eigenvalue weighted by Crippen LogP contribution is 2.13. The van der Waals surface area contributed by atoms with Crippen molar-refractivity contribution in [2.24, 2.45) is 5.92 Å². The molecule has 0 radical (unpaired) electrons. The second kappa shape index (κ2) is 11.4. The summed E-state index contributed by atoms with van der Waals surface area (Å²) in [5, 5.41) is 3.25. The molecule has 0 amide bonds. The molecule has 0 heterocycles. The number of hydrogen-bond donors (Lipinski definition) is 1. The smallest absolute Gasteiger partial charge is 0.0494 e. The van der Waals surface area contributed by atoms with Gasteiger partial charge in [0.25, 0.3) is 0 Å². The third kappa shape index (κ3) is 9.17. The van der Waals surface area contributed by atoms with Crippen molar-refractivity contribution in [2.75, 3.05) is 20.3 Å². The highest BCUT2D eigenvalue weighted by Gasteiger charge is 2.05. The van der Waals surface area contributed by atoms with E-state index in [9.17, 15) is 0 Å². The molecule has 0 aliphatic rings. The van der Waals surface area contributed by atoms with Crippen molar-refractivity contribution >= 4 is 0 Å². The molecule has 2 unspecified atom stereocenters. The van der Waals surface area contributed by atoms with Gasteiger partial charge in [-0.25, -0.2) is 0 Å². The minimum atomic E-state index is 0.616. The molecular weight excluding hydrogens is 198 g/mol. The minimum Gasteiger partial charge on any atom is -0.381 e. The largest absolute Gasteiger partial charge is 0.381 e. The molecule has 2 atom stereocenters. The van der Waals surface area contributed by atoms with Gasteiger partial charge in [-0.3, -0.25) is 0 Å². The number of rotatable bonds is 11. The lowest BCUT2D eigenvalue weighted by Crippen LogP contribution is -2.21. The molecule has 0 fully saturated rings. The molecule has 0 bridgehead atoms. The molecule has 2 nitrogen and oxygen atoms in total. The van der Waals surface area contributed by atoms with Crippen LogP contribution in [0.5, 0.6) is 0 Å². The summed E-state index contributed by atoms with van der Waals surface area (Å²) < 4.78 is 5.75. The monoisotopic (exact) mass is 229 g/mol. The molecule has 0 rings (SSSR count). The van der Waals surface area contributed by atoms with Gasteiger partial charge in [0.1, 0.15) is 0 Å². The van der Waals surface area contributed by atoms with Gasteiger partial charge in [-0.15, -0.1) is 0 Å². The summed E-state index contributed by atoms with van der Waals surface area (Å²) in [6, 6.07) is 0.616. The lowest BCUT2D eigenvalue weighted by molar-refractivity contribution is 0.0900. The van der Waals surface area contributed by atoms with Gasteiger partial charge in [0, 0.05) is 19.3 Å². The van der Waals surface area contributed by atoms with Crippen LogP contribution in [0.4, 0.5) is 0 Å². The van der Waals surface area contributed by atoms with Crippen molar-refractivity contribution in [3.8, 4) is 0 Å². The van der Waals surface area contributed by atoms with Crippen LogP contribution in [0, 0.1) is 5.92 Å². The quantitative estimate of drug-likeness (QED) is 0.547. The third-order valence-electron chi connectivity index (χ3n) is 3.32. The Labute approximate surface area is 102 Å². The lowest BCUT2D eigenvalue weighted by Gasteiger charge is -2.15. The van der Waals surface area contributed by atoms with Gasteiger partial charge in [-0.1, -0.05) is 33.1 Å². The van der Waals surface area contributed by atoms with Crippen LogP contribution in [-0.4, -0.2) is 26.3 Å². The van der Waals surface area contributed by atoms with E-state index in [0.717, 1.165) is 19.1 Å². The second-order valence-corrected chi connectivity index (χ2v) is 4.82. The standard InChI is InChI=1S/C14H31NO/c1-5-7-10-14(6-2)12-16-11-8-9-13(3)15-4/h13-15H,5-12H2,1-4H3. The van der Waals surface area contributed by atoms with E-state index in [1.807, 2.05) is 7.05 Å². The average molecular weight is 229 g/mol. The van der Waals surface area contributed by atoms with Crippen LogP contribution in [0.1, 0.15) is 59.3 Å². The molecule has 1 N–H and O–H groups in total. The van der Waals surface area contributed by atoms with E-state index in [2.05, 4.69) is 26.1 Å². The van der Waals surface area contributed by atoms with Gasteiger partial charge >= 0.3 is 0 Å². The van der Waals surface area contributed by atoms with Crippen LogP contribution in [0.3, 0.4) is 0 Å². The summed E-state index contributed by atoms with van der Waals surface area (Å²) in [6.45, 7) is 8.63. The van der Waals surface area contributed by atoms with Crippen molar-refractivity contribution in [1.29, 1.82) is 0 Å². The van der Waals surface area contributed by atoms with Gasteiger partial charge in [0.2, 0.25) is 0 Å². The molecule has 0 saturated heterocycles. The Kier molecular flexibility index (Phi) is 11.3. The zero-order valence-electron chi connectivity index (χ0n) is 11.7. The summed E-state index contributed by atoms with van der Waals surface area (Å²) in [7, 11) is 2.02. The molecule has 0 aromatic carbocycles. The average Bonchev–Trinajstić information content (AvgIpc) is 2.32. The van der Waals surface area contributed by atoms with Gasteiger partial charge in [0.15, 0.2) is 0 Å². The van der Waals surface area contributed by atoms with Crippen molar-refractivity contribution in [1.82, 2.24) is 5.32 Å². The van der Waals surface area contributed by atoms with Gasteiger partial charge in [-0.2, -0.15) is 0 Å². The Bertz CT molecular complexity index is 139. The van der Waals surface area contributed by atoms with Crippen LogP contribution >= 0.6 is 0 Å². The van der Waals surface area contributed by atoms with Crippen molar-refractivity contribution in [2.45, 2.75) is 65.3 Å². The lowest BCUT2D eigenvalue weighted by atomic mass is 10.0. The molecule has 2 heteroatoms. The van der Waals surface area contributed by atoms with Crippen molar-refractivity contribution in [3.05, 3.63) is 0 Å². The molecule has 0 spiro atoms. The van der Waals surface area contributed by atoms with E-state index in [-0.39, 0.29) is 0 Å². The molecule has 0 aliphatic heterocycles. The van der Waals surface area contributed by atoms with Crippen LogP contribution < -0.4 is 5.32 Å². The predicted octanol–water partition coefficient (Wildman–Crippen LogP) is 3.61. The first-order valence-electron chi connectivity index (χ1n) is 6.99. The van der Waals surface area contributed by atoms with Crippen LogP contribution in [0.25, 0.3) is 0 Å². The summed E-state index contributed by atoms with van der Waals surface area (Å²) in [4.78, 5) is 0. The molecule has 16 heavy (non-hydrogen) atoms. The fourth-order valence-electron chi connectivity index (χ4n) is 1.78. The topological polar surface area (TPSA) is 21.3 Å². The maximum absolute atomic E-state index is 5.75. The number of unbranched alkanes of at least 4 members (excludes halogenated alkanes) is 1. The Morgan fingerprint density at radius 2 is 1.88 bits per heavy atom. The fourth-order valence-corrected chi connectivity index (χ4v) is 1.78. The van der Waals surface area contributed by atoms with E-state index in [1.54, 1.807) is 0 Å². The predicted molar refractivity (Wildman–Crippen MR) is 71.9 cm³/mol. The third-order valence-corrected chi connectivity index (χ3v) is 3.32. The number of hydrogen-bond acceptors (Lipinski definition) is 2. The molecule has 0 aromatic heterocycles. The van der Waals surface area contributed by atoms with Crippen molar-refractivity contribution in [3.63, 3.8) is 0 Å². The van der Waals surface area contributed by atoms with E-state index >= 15 is 0 Å².